The molecule has 2 heteroatoms. The van der Waals surface area contributed by atoms with Gasteiger partial charge < -0.3 is 4.90 Å². The molecule has 13 heavy (non-hydrogen) atoms. The van der Waals surface area contributed by atoms with Crippen molar-refractivity contribution in [3.63, 3.8) is 0 Å². The molecule has 1 amide bonds. The average Bonchev–Trinajstić information content (AvgIpc) is 2.60. The van der Waals surface area contributed by atoms with Crippen LogP contribution in [0.2, 0.25) is 0 Å². The Labute approximate surface area is 80.3 Å². The lowest BCUT2D eigenvalue weighted by atomic mass is 10.0. The van der Waals surface area contributed by atoms with Gasteiger partial charge in [-0.25, -0.2) is 0 Å². The van der Waals surface area contributed by atoms with Crippen LogP contribution in [0.25, 0.3) is 0 Å². The van der Waals surface area contributed by atoms with Crippen molar-refractivity contribution in [3.05, 3.63) is 0 Å². The average molecular weight is 181 g/mol. The van der Waals surface area contributed by atoms with Gasteiger partial charge in [0, 0.05) is 18.5 Å². The zero-order valence-corrected chi connectivity index (χ0v) is 8.62. The van der Waals surface area contributed by atoms with Crippen LogP contribution in [0.15, 0.2) is 0 Å². The lowest BCUT2D eigenvalue weighted by molar-refractivity contribution is -0.133. The minimum atomic E-state index is 0.403. The van der Waals surface area contributed by atoms with Gasteiger partial charge in [-0.2, -0.15) is 0 Å². The van der Waals surface area contributed by atoms with E-state index < -0.39 is 0 Å². The summed E-state index contributed by atoms with van der Waals surface area (Å²) in [5.74, 6) is 0.910. The molecule has 0 unspecified atom stereocenters. The van der Waals surface area contributed by atoms with Crippen molar-refractivity contribution in [1.29, 1.82) is 0 Å². The van der Waals surface area contributed by atoms with Crippen LogP contribution in [-0.2, 0) is 4.79 Å². The molecule has 0 aromatic heterocycles. The van der Waals surface area contributed by atoms with Gasteiger partial charge in [0.25, 0.3) is 0 Å². The Bertz CT molecular complexity index is 192. The highest BCUT2D eigenvalue weighted by Crippen LogP contribution is 2.37. The van der Waals surface area contributed by atoms with E-state index in [9.17, 15) is 4.79 Å². The molecule has 0 aromatic rings. The Morgan fingerprint density at radius 1 is 1.23 bits per heavy atom. The Kier molecular flexibility index (Phi) is 2.31. The van der Waals surface area contributed by atoms with Crippen LogP contribution in [0.5, 0.6) is 0 Å². The molecule has 0 saturated carbocycles. The fourth-order valence-corrected chi connectivity index (χ4v) is 2.77. The van der Waals surface area contributed by atoms with Gasteiger partial charge in [-0.1, -0.05) is 13.8 Å². The SMILES string of the molecule is CC(C)CC(=O)N1C2CCC1CC2. The van der Waals surface area contributed by atoms with Crippen LogP contribution in [0, 0.1) is 5.92 Å². The van der Waals surface area contributed by atoms with Gasteiger partial charge in [0.1, 0.15) is 0 Å². The largest absolute Gasteiger partial charge is 0.337 e. The topological polar surface area (TPSA) is 20.3 Å². The van der Waals surface area contributed by atoms with Gasteiger partial charge >= 0.3 is 0 Å². The summed E-state index contributed by atoms with van der Waals surface area (Å²) >= 11 is 0. The number of hydrogen-bond acceptors (Lipinski definition) is 1. The van der Waals surface area contributed by atoms with E-state index in [4.69, 9.17) is 0 Å². The molecule has 0 atom stereocenters. The number of nitrogens with zero attached hydrogens (tertiary/aromatic N) is 1. The highest BCUT2D eigenvalue weighted by molar-refractivity contribution is 5.77. The number of hydrogen-bond donors (Lipinski definition) is 0. The van der Waals surface area contributed by atoms with E-state index in [1.807, 2.05) is 0 Å². The predicted octanol–water partition coefficient (Wildman–Crippen LogP) is 2.19. The van der Waals surface area contributed by atoms with Crippen molar-refractivity contribution in [2.75, 3.05) is 0 Å². The van der Waals surface area contributed by atoms with Crippen molar-refractivity contribution in [2.45, 2.75) is 58.0 Å². The third-order valence-electron chi connectivity index (χ3n) is 3.32. The Morgan fingerprint density at radius 2 is 1.69 bits per heavy atom. The lowest BCUT2D eigenvalue weighted by Crippen LogP contribution is -2.35. The fraction of sp³-hybridized carbons (Fsp3) is 0.909. The van der Waals surface area contributed by atoms with Crippen molar-refractivity contribution in [3.8, 4) is 0 Å². The van der Waals surface area contributed by atoms with Gasteiger partial charge in [-0.15, -0.1) is 0 Å². The summed E-state index contributed by atoms with van der Waals surface area (Å²) in [4.78, 5) is 14.0. The first kappa shape index (κ1) is 9.04. The van der Waals surface area contributed by atoms with Crippen LogP contribution in [0.3, 0.4) is 0 Å². The van der Waals surface area contributed by atoms with E-state index >= 15 is 0 Å². The second-order valence-corrected chi connectivity index (χ2v) is 4.86. The molecule has 0 aromatic carbocycles. The van der Waals surface area contributed by atoms with E-state index in [1.54, 1.807) is 0 Å². The Hall–Kier alpha value is -0.530. The molecular formula is C11H19NO. The highest BCUT2D eigenvalue weighted by atomic mass is 16.2. The summed E-state index contributed by atoms with van der Waals surface area (Å²) < 4.78 is 0. The van der Waals surface area contributed by atoms with Gasteiger partial charge in [0.15, 0.2) is 0 Å². The lowest BCUT2D eigenvalue weighted by Gasteiger charge is -2.22. The van der Waals surface area contributed by atoms with E-state index in [-0.39, 0.29) is 0 Å². The zero-order chi connectivity index (χ0) is 9.42. The van der Waals surface area contributed by atoms with Crippen LogP contribution >= 0.6 is 0 Å². The van der Waals surface area contributed by atoms with Crippen molar-refractivity contribution >= 4 is 5.91 Å². The number of rotatable bonds is 2. The summed E-state index contributed by atoms with van der Waals surface area (Å²) in [6, 6.07) is 1.22. The third-order valence-corrected chi connectivity index (χ3v) is 3.32. The van der Waals surface area contributed by atoms with Crippen LogP contribution in [0.4, 0.5) is 0 Å². The summed E-state index contributed by atoms with van der Waals surface area (Å²) in [6.45, 7) is 4.24. The summed E-state index contributed by atoms with van der Waals surface area (Å²) in [7, 11) is 0. The van der Waals surface area contributed by atoms with Crippen molar-refractivity contribution in [2.24, 2.45) is 5.92 Å². The molecule has 2 aliphatic rings. The third kappa shape index (κ3) is 1.59. The maximum absolute atomic E-state index is 11.8. The van der Waals surface area contributed by atoms with Crippen LogP contribution in [0.1, 0.15) is 46.0 Å². The number of carbonyl (C=O) groups is 1. The monoisotopic (exact) mass is 181 g/mol. The fourth-order valence-electron chi connectivity index (χ4n) is 2.77. The predicted molar refractivity (Wildman–Crippen MR) is 52.3 cm³/mol. The summed E-state index contributed by atoms with van der Waals surface area (Å²) in [5, 5.41) is 0. The molecule has 2 saturated heterocycles. The van der Waals surface area contributed by atoms with Crippen molar-refractivity contribution < 1.29 is 4.79 Å². The second-order valence-electron chi connectivity index (χ2n) is 4.86. The molecule has 2 bridgehead atoms. The van der Waals surface area contributed by atoms with Crippen LogP contribution < -0.4 is 0 Å². The first-order valence-electron chi connectivity index (χ1n) is 5.49. The smallest absolute Gasteiger partial charge is 0.223 e. The number of fused-ring (bicyclic) bond motifs is 2. The van der Waals surface area contributed by atoms with E-state index in [2.05, 4.69) is 18.7 Å². The first-order valence-corrected chi connectivity index (χ1v) is 5.49. The molecule has 0 aliphatic carbocycles. The number of carbonyl (C=O) groups excluding carboxylic acids is 1. The quantitative estimate of drug-likeness (QED) is 0.639. The second kappa shape index (κ2) is 3.32. The minimum absolute atomic E-state index is 0.403. The molecule has 2 aliphatic heterocycles. The van der Waals surface area contributed by atoms with Crippen LogP contribution in [-0.4, -0.2) is 22.9 Å². The van der Waals surface area contributed by atoms with E-state index in [1.165, 1.54) is 25.7 Å². The molecular weight excluding hydrogens is 162 g/mol. The number of amides is 1. The van der Waals surface area contributed by atoms with Gasteiger partial charge in [-0.05, 0) is 31.6 Å². The minimum Gasteiger partial charge on any atom is -0.337 e. The van der Waals surface area contributed by atoms with E-state index in [0.29, 0.717) is 23.9 Å². The van der Waals surface area contributed by atoms with Crippen molar-refractivity contribution in [1.82, 2.24) is 4.90 Å². The molecule has 74 valence electrons. The maximum Gasteiger partial charge on any atom is 0.223 e. The molecule has 0 N–H and O–H groups in total. The van der Waals surface area contributed by atoms with Gasteiger partial charge in [0.2, 0.25) is 5.91 Å². The molecule has 2 nitrogen and oxygen atoms in total. The highest BCUT2D eigenvalue weighted by Gasteiger charge is 2.41. The standard InChI is InChI=1S/C11H19NO/c1-8(2)7-11(13)12-9-3-4-10(12)6-5-9/h8-10H,3-7H2,1-2H3. The normalized spacial score (nSPS) is 31.8. The molecule has 0 spiro atoms. The van der Waals surface area contributed by atoms with E-state index in [0.717, 1.165) is 6.42 Å². The molecule has 2 heterocycles. The molecule has 2 fully saturated rings. The van der Waals surface area contributed by atoms with Gasteiger partial charge in [0.05, 0.1) is 0 Å². The molecule has 2 rings (SSSR count). The Balaban J connectivity index is 1.97. The van der Waals surface area contributed by atoms with Gasteiger partial charge in [-0.3, -0.25) is 4.79 Å². The zero-order valence-electron chi connectivity index (χ0n) is 8.62. The summed E-state index contributed by atoms with van der Waals surface area (Å²) in [6.07, 6.45) is 5.78. The first-order chi connectivity index (χ1) is 6.18. The Morgan fingerprint density at radius 3 is 2.08 bits per heavy atom. The summed E-state index contributed by atoms with van der Waals surface area (Å²) in [5.41, 5.74) is 0. The molecule has 0 radical (unpaired) electrons. The maximum atomic E-state index is 11.8.